The van der Waals surface area contributed by atoms with E-state index in [1.165, 1.54) is 0 Å². The van der Waals surface area contributed by atoms with Crippen LogP contribution in [0.2, 0.25) is 0 Å². The fourth-order valence-corrected chi connectivity index (χ4v) is 5.47. The van der Waals surface area contributed by atoms with Crippen LogP contribution < -0.4 is 4.74 Å². The van der Waals surface area contributed by atoms with E-state index in [0.29, 0.717) is 11.8 Å². The van der Waals surface area contributed by atoms with Gasteiger partial charge in [0.15, 0.2) is 0 Å². The van der Waals surface area contributed by atoms with Crippen molar-refractivity contribution in [3.63, 3.8) is 0 Å². The van der Waals surface area contributed by atoms with Gasteiger partial charge in [0.05, 0.1) is 7.11 Å². The van der Waals surface area contributed by atoms with Crippen LogP contribution in [0.25, 0.3) is 11.1 Å². The third kappa shape index (κ3) is 6.11. The van der Waals surface area contributed by atoms with Gasteiger partial charge in [0.25, 0.3) is 5.91 Å². The second kappa shape index (κ2) is 12.6. The van der Waals surface area contributed by atoms with Gasteiger partial charge < -0.3 is 9.64 Å². The minimum atomic E-state index is -0.487. The van der Waals surface area contributed by atoms with Crippen molar-refractivity contribution >= 4 is 17.6 Å². The standard InChI is InChI=1S/C23H26N2O2.C9H17NO/c1-3-16-25-21(24-23(22(25)26)14-4-5-15-23)19-8-6-17(7-9-19)18-10-12-20(27-2)13-11-18;1-3-7-10(4-2)9(11)8-5-6-8/h6-13H,3-5,14-16H2,1-2H3;8H,3-7H2,1-2H3. The molecule has 38 heavy (non-hydrogen) atoms. The number of amidine groups is 1. The van der Waals surface area contributed by atoms with E-state index in [2.05, 4.69) is 57.2 Å². The van der Waals surface area contributed by atoms with E-state index in [9.17, 15) is 9.59 Å². The fourth-order valence-electron chi connectivity index (χ4n) is 5.47. The number of ether oxygens (including phenoxy) is 1. The molecule has 5 rings (SSSR count). The van der Waals surface area contributed by atoms with Crippen LogP contribution in [-0.4, -0.2) is 59.7 Å². The van der Waals surface area contributed by atoms with Crippen LogP contribution >= 0.6 is 0 Å². The van der Waals surface area contributed by atoms with Gasteiger partial charge in [-0.1, -0.05) is 63.1 Å². The number of carbonyl (C=O) groups is 2. The number of benzene rings is 2. The van der Waals surface area contributed by atoms with Gasteiger partial charge in [0.2, 0.25) is 5.91 Å². The first-order valence-corrected chi connectivity index (χ1v) is 14.4. The number of nitrogens with zero attached hydrogens (tertiary/aromatic N) is 3. The second-order valence-electron chi connectivity index (χ2n) is 10.6. The van der Waals surface area contributed by atoms with Crippen LogP contribution in [0, 0.1) is 5.92 Å². The summed E-state index contributed by atoms with van der Waals surface area (Å²) >= 11 is 0. The van der Waals surface area contributed by atoms with E-state index >= 15 is 0 Å². The number of methoxy groups -OCH3 is 1. The van der Waals surface area contributed by atoms with E-state index in [1.807, 2.05) is 21.9 Å². The Morgan fingerprint density at radius 3 is 2.03 bits per heavy atom. The summed E-state index contributed by atoms with van der Waals surface area (Å²) in [5, 5.41) is 0. The molecule has 6 nitrogen and oxygen atoms in total. The fraction of sp³-hybridized carbons (Fsp3) is 0.531. The average Bonchev–Trinajstić information content (AvgIpc) is 3.65. The first-order chi connectivity index (χ1) is 18.5. The Morgan fingerprint density at radius 1 is 0.947 bits per heavy atom. The molecule has 2 fully saturated rings. The lowest BCUT2D eigenvalue weighted by molar-refractivity contribution is -0.132. The molecule has 2 amide bonds. The number of rotatable bonds is 9. The van der Waals surface area contributed by atoms with Crippen molar-refractivity contribution in [1.29, 1.82) is 0 Å². The van der Waals surface area contributed by atoms with Crippen molar-refractivity contribution in [3.05, 3.63) is 54.1 Å². The minimum Gasteiger partial charge on any atom is -0.497 e. The molecule has 2 aliphatic carbocycles. The van der Waals surface area contributed by atoms with Crippen molar-refractivity contribution in [1.82, 2.24) is 9.80 Å². The highest BCUT2D eigenvalue weighted by Crippen LogP contribution is 2.40. The molecule has 0 saturated heterocycles. The maximum Gasteiger partial charge on any atom is 0.256 e. The van der Waals surface area contributed by atoms with Crippen LogP contribution in [-0.2, 0) is 9.59 Å². The zero-order chi connectivity index (χ0) is 27.1. The third-order valence-corrected chi connectivity index (χ3v) is 7.78. The highest BCUT2D eigenvalue weighted by atomic mass is 16.5. The zero-order valence-electron chi connectivity index (χ0n) is 23.5. The van der Waals surface area contributed by atoms with E-state index in [4.69, 9.17) is 9.73 Å². The van der Waals surface area contributed by atoms with Crippen LogP contribution in [0.4, 0.5) is 0 Å². The molecule has 2 saturated carbocycles. The SMILES string of the molecule is CCCN(CC)C(=O)C1CC1.CCCN1C(=O)C2(CCCC2)N=C1c1ccc(-c2ccc(OC)cc2)cc1. The average molecular weight is 518 g/mol. The quantitative estimate of drug-likeness (QED) is 0.391. The molecule has 3 aliphatic rings. The highest BCUT2D eigenvalue weighted by molar-refractivity contribution is 6.15. The largest absolute Gasteiger partial charge is 0.497 e. The maximum atomic E-state index is 13.1. The normalized spacial score (nSPS) is 17.7. The number of aliphatic imine (C=N–C) groups is 1. The van der Waals surface area contributed by atoms with Crippen molar-refractivity contribution in [2.45, 2.75) is 77.7 Å². The van der Waals surface area contributed by atoms with Gasteiger partial charge in [0, 0.05) is 31.1 Å². The summed E-state index contributed by atoms with van der Waals surface area (Å²) in [7, 11) is 1.67. The second-order valence-corrected chi connectivity index (χ2v) is 10.6. The molecule has 0 N–H and O–H groups in total. The van der Waals surface area contributed by atoms with E-state index in [1.54, 1.807) is 7.11 Å². The molecule has 2 aromatic rings. The number of carbonyl (C=O) groups excluding carboxylic acids is 2. The van der Waals surface area contributed by atoms with Gasteiger partial charge in [-0.3, -0.25) is 19.5 Å². The topological polar surface area (TPSA) is 62.2 Å². The Labute approximate surface area is 228 Å². The number of hydrogen-bond acceptors (Lipinski definition) is 4. The Morgan fingerprint density at radius 2 is 1.53 bits per heavy atom. The molecule has 2 aromatic carbocycles. The van der Waals surface area contributed by atoms with E-state index in [-0.39, 0.29) is 5.91 Å². The molecule has 0 radical (unpaired) electrons. The molecular weight excluding hydrogens is 474 g/mol. The van der Waals surface area contributed by atoms with Crippen LogP contribution in [0.1, 0.15) is 77.7 Å². The predicted molar refractivity (Wildman–Crippen MR) is 153 cm³/mol. The van der Waals surface area contributed by atoms with Crippen molar-refractivity contribution in [2.24, 2.45) is 10.9 Å². The zero-order valence-corrected chi connectivity index (χ0v) is 23.5. The van der Waals surface area contributed by atoms with E-state index < -0.39 is 5.54 Å². The van der Waals surface area contributed by atoms with Crippen LogP contribution in [0.5, 0.6) is 5.75 Å². The van der Waals surface area contributed by atoms with Gasteiger partial charge in [0.1, 0.15) is 17.1 Å². The molecule has 6 heteroatoms. The Balaban J connectivity index is 0.000000257. The monoisotopic (exact) mass is 517 g/mol. The summed E-state index contributed by atoms with van der Waals surface area (Å²) in [5.74, 6) is 2.68. The molecule has 1 spiro atoms. The molecule has 1 heterocycles. The lowest BCUT2D eigenvalue weighted by atomic mass is 9.98. The summed E-state index contributed by atoms with van der Waals surface area (Å²) in [6.07, 6.45) is 8.23. The summed E-state index contributed by atoms with van der Waals surface area (Å²) in [6, 6.07) is 16.4. The number of hydrogen-bond donors (Lipinski definition) is 0. The van der Waals surface area contributed by atoms with Gasteiger partial charge in [-0.25, -0.2) is 0 Å². The molecule has 0 aromatic heterocycles. The van der Waals surface area contributed by atoms with Gasteiger partial charge in [-0.15, -0.1) is 0 Å². The van der Waals surface area contributed by atoms with Crippen LogP contribution in [0.3, 0.4) is 0 Å². The first-order valence-electron chi connectivity index (χ1n) is 14.4. The van der Waals surface area contributed by atoms with Gasteiger partial charge >= 0.3 is 0 Å². The third-order valence-electron chi connectivity index (χ3n) is 7.78. The van der Waals surface area contributed by atoms with Crippen molar-refractivity contribution < 1.29 is 14.3 Å². The predicted octanol–water partition coefficient (Wildman–Crippen LogP) is 6.33. The van der Waals surface area contributed by atoms with Gasteiger partial charge in [-0.2, -0.15) is 0 Å². The lowest BCUT2D eigenvalue weighted by Gasteiger charge is -2.22. The Hall–Kier alpha value is -3.15. The van der Waals surface area contributed by atoms with Crippen molar-refractivity contribution in [2.75, 3.05) is 26.7 Å². The summed E-state index contributed by atoms with van der Waals surface area (Å²) in [6.45, 7) is 8.82. The molecule has 1 aliphatic heterocycles. The molecule has 0 unspecified atom stereocenters. The first kappa shape index (κ1) is 27.9. The minimum absolute atomic E-state index is 0.205. The summed E-state index contributed by atoms with van der Waals surface area (Å²) in [4.78, 5) is 33.4. The lowest BCUT2D eigenvalue weighted by Crippen LogP contribution is -2.41. The summed E-state index contributed by atoms with van der Waals surface area (Å²) < 4.78 is 5.23. The number of amides is 2. The smallest absolute Gasteiger partial charge is 0.256 e. The molecular formula is C32H43N3O3. The maximum absolute atomic E-state index is 13.1. The van der Waals surface area contributed by atoms with Gasteiger partial charge in [-0.05, 0) is 68.7 Å². The Bertz CT molecular complexity index is 1110. The van der Waals surface area contributed by atoms with Crippen LogP contribution in [0.15, 0.2) is 53.5 Å². The molecule has 0 bridgehead atoms. The molecule has 0 atom stereocenters. The Kier molecular flexibility index (Phi) is 9.24. The highest BCUT2D eigenvalue weighted by Gasteiger charge is 2.49. The molecule has 204 valence electrons. The summed E-state index contributed by atoms with van der Waals surface area (Å²) in [5.41, 5.74) is 2.82. The van der Waals surface area contributed by atoms with E-state index in [0.717, 1.165) is 99.3 Å². The van der Waals surface area contributed by atoms with Crippen molar-refractivity contribution in [3.8, 4) is 16.9 Å².